The molecule has 1 aromatic heterocycles. The van der Waals surface area contributed by atoms with Crippen molar-refractivity contribution in [3.05, 3.63) is 60.2 Å². The van der Waals surface area contributed by atoms with Crippen molar-refractivity contribution in [2.45, 2.75) is 36.7 Å². The number of H-pyrrole nitrogens is 1. The van der Waals surface area contributed by atoms with E-state index in [0.717, 1.165) is 17.0 Å². The lowest BCUT2D eigenvalue weighted by molar-refractivity contribution is -0.120. The molecule has 0 aliphatic rings. The van der Waals surface area contributed by atoms with Crippen LogP contribution in [0.1, 0.15) is 25.8 Å². The van der Waals surface area contributed by atoms with Gasteiger partial charge in [-0.3, -0.25) is 9.89 Å². The average molecular weight is 488 g/mol. The summed E-state index contributed by atoms with van der Waals surface area (Å²) in [7, 11) is -3.46. The fourth-order valence-corrected chi connectivity index (χ4v) is 5.37. The first-order valence-electron chi connectivity index (χ1n) is 10.9. The van der Waals surface area contributed by atoms with Gasteiger partial charge in [-0.1, -0.05) is 68.1 Å². The lowest BCUT2D eigenvalue weighted by atomic mass is 10.1. The normalized spacial score (nSPS) is 11.6. The Labute approximate surface area is 199 Å². The van der Waals surface area contributed by atoms with E-state index < -0.39 is 10.0 Å². The van der Waals surface area contributed by atoms with E-state index in [9.17, 15) is 13.2 Å². The largest absolute Gasteiger partial charge is 0.355 e. The molecule has 3 rings (SSSR count). The van der Waals surface area contributed by atoms with Gasteiger partial charge < -0.3 is 5.32 Å². The van der Waals surface area contributed by atoms with Gasteiger partial charge in [0.25, 0.3) is 0 Å². The number of nitrogens with zero attached hydrogens (tertiary/aromatic N) is 3. The quantitative estimate of drug-likeness (QED) is 0.300. The number of rotatable bonds is 12. The van der Waals surface area contributed by atoms with Crippen LogP contribution in [-0.4, -0.2) is 59.2 Å². The minimum atomic E-state index is -3.46. The molecule has 2 N–H and O–H groups in total. The van der Waals surface area contributed by atoms with E-state index >= 15 is 0 Å². The van der Waals surface area contributed by atoms with E-state index in [4.69, 9.17) is 0 Å². The summed E-state index contributed by atoms with van der Waals surface area (Å²) >= 11 is 1.47. The molecule has 0 fully saturated rings. The van der Waals surface area contributed by atoms with Crippen molar-refractivity contribution in [3.63, 3.8) is 0 Å². The van der Waals surface area contributed by atoms with Crippen molar-refractivity contribution in [1.82, 2.24) is 24.8 Å². The molecule has 0 atom stereocenters. The predicted octanol–water partition coefficient (Wildman–Crippen LogP) is 3.34. The van der Waals surface area contributed by atoms with E-state index in [0.29, 0.717) is 43.4 Å². The first-order valence-corrected chi connectivity index (χ1v) is 13.3. The van der Waals surface area contributed by atoms with Crippen molar-refractivity contribution in [1.29, 1.82) is 0 Å². The van der Waals surface area contributed by atoms with Gasteiger partial charge in [0.2, 0.25) is 21.1 Å². The summed E-state index contributed by atoms with van der Waals surface area (Å²) in [6, 6.07) is 16.5. The summed E-state index contributed by atoms with van der Waals surface area (Å²) in [6.45, 7) is 5.02. The van der Waals surface area contributed by atoms with Crippen LogP contribution in [0.3, 0.4) is 0 Å². The highest BCUT2D eigenvalue weighted by atomic mass is 32.2. The van der Waals surface area contributed by atoms with Crippen molar-refractivity contribution < 1.29 is 13.2 Å². The van der Waals surface area contributed by atoms with Gasteiger partial charge in [0.15, 0.2) is 5.82 Å². The fraction of sp³-hybridized carbons (Fsp3) is 0.348. The Kier molecular flexibility index (Phi) is 9.04. The summed E-state index contributed by atoms with van der Waals surface area (Å²) in [5.74, 6) is 1.34. The molecule has 33 heavy (non-hydrogen) atoms. The van der Waals surface area contributed by atoms with Crippen LogP contribution >= 0.6 is 11.8 Å². The highest BCUT2D eigenvalue weighted by Gasteiger charge is 2.21. The smallest absolute Gasteiger partial charge is 0.243 e. The monoisotopic (exact) mass is 487 g/mol. The Morgan fingerprint density at radius 2 is 1.76 bits per heavy atom. The summed E-state index contributed by atoms with van der Waals surface area (Å²) in [6.07, 6.45) is 0.886. The number of aromatic nitrogens is 3. The summed E-state index contributed by atoms with van der Waals surface area (Å²) in [5.41, 5.74) is 1.90. The molecule has 0 radical (unpaired) electrons. The second-order valence-corrected chi connectivity index (χ2v) is 10.3. The van der Waals surface area contributed by atoms with Crippen molar-refractivity contribution in [2.24, 2.45) is 0 Å². The molecule has 10 heteroatoms. The molecular weight excluding hydrogens is 458 g/mol. The maximum atomic E-state index is 12.5. The second kappa shape index (κ2) is 12.0. The average Bonchev–Trinajstić information content (AvgIpc) is 3.31. The topological polar surface area (TPSA) is 108 Å². The SMILES string of the molecule is CCN(CC)S(=O)(=O)c1ccc(CCC(=O)NCCSc2n[nH]c(-c3ccccc3)n2)cc1. The lowest BCUT2D eigenvalue weighted by Gasteiger charge is -2.18. The molecule has 8 nitrogen and oxygen atoms in total. The van der Waals surface area contributed by atoms with Gasteiger partial charge in [0, 0.05) is 37.4 Å². The Morgan fingerprint density at radius 3 is 2.42 bits per heavy atom. The summed E-state index contributed by atoms with van der Waals surface area (Å²) in [4.78, 5) is 16.9. The van der Waals surface area contributed by atoms with Gasteiger partial charge in [0.05, 0.1) is 4.90 Å². The number of nitrogens with one attached hydrogen (secondary N) is 2. The third-order valence-electron chi connectivity index (χ3n) is 5.07. The van der Waals surface area contributed by atoms with Crippen LogP contribution in [0.2, 0.25) is 0 Å². The Hall–Kier alpha value is -2.69. The molecule has 0 aliphatic carbocycles. The number of aromatic amines is 1. The molecule has 176 valence electrons. The van der Waals surface area contributed by atoms with Gasteiger partial charge in [-0.2, -0.15) is 4.31 Å². The number of sulfonamides is 1. The van der Waals surface area contributed by atoms with E-state index in [1.807, 2.05) is 44.2 Å². The standard InChI is InChI=1S/C23H29N5O3S2/c1-3-28(4-2)33(30,31)20-13-10-18(11-14-20)12-15-21(29)24-16-17-32-23-25-22(26-27-23)19-8-6-5-7-9-19/h5-11,13-14H,3-4,12,15-17H2,1-2H3,(H,24,29)(H,25,26,27). The van der Waals surface area contributed by atoms with Crippen LogP contribution in [0.15, 0.2) is 64.6 Å². The van der Waals surface area contributed by atoms with Gasteiger partial charge >= 0.3 is 0 Å². The van der Waals surface area contributed by atoms with Crippen LogP contribution in [0.5, 0.6) is 0 Å². The molecule has 0 aliphatic heterocycles. The van der Waals surface area contributed by atoms with Crippen molar-refractivity contribution in [2.75, 3.05) is 25.4 Å². The number of hydrogen-bond donors (Lipinski definition) is 2. The molecule has 0 saturated heterocycles. The molecule has 0 unspecified atom stereocenters. The first-order chi connectivity index (χ1) is 15.9. The summed E-state index contributed by atoms with van der Waals surface area (Å²) in [5, 5.41) is 10.7. The highest BCUT2D eigenvalue weighted by Crippen LogP contribution is 2.19. The predicted molar refractivity (Wildman–Crippen MR) is 130 cm³/mol. The van der Waals surface area contributed by atoms with Gasteiger partial charge in [-0.05, 0) is 24.1 Å². The molecule has 2 aromatic carbocycles. The van der Waals surface area contributed by atoms with Crippen LogP contribution in [0.25, 0.3) is 11.4 Å². The first kappa shape index (κ1) is 24.9. The van der Waals surface area contributed by atoms with Crippen LogP contribution in [0.4, 0.5) is 0 Å². The van der Waals surface area contributed by atoms with E-state index in [1.54, 1.807) is 24.3 Å². The number of hydrogen-bond acceptors (Lipinski definition) is 6. The van der Waals surface area contributed by atoms with Crippen LogP contribution in [-0.2, 0) is 21.2 Å². The highest BCUT2D eigenvalue weighted by molar-refractivity contribution is 7.99. The Morgan fingerprint density at radius 1 is 1.06 bits per heavy atom. The maximum absolute atomic E-state index is 12.5. The number of carbonyl (C=O) groups excluding carboxylic acids is 1. The van der Waals surface area contributed by atoms with Crippen LogP contribution in [0, 0.1) is 0 Å². The zero-order chi connectivity index (χ0) is 23.7. The molecular formula is C23H29N5O3S2. The van der Waals surface area contributed by atoms with E-state index in [2.05, 4.69) is 20.5 Å². The third kappa shape index (κ3) is 6.89. The number of benzene rings is 2. The zero-order valence-electron chi connectivity index (χ0n) is 18.8. The number of thioether (sulfide) groups is 1. The van der Waals surface area contributed by atoms with Crippen LogP contribution < -0.4 is 5.32 Å². The molecule has 3 aromatic rings. The third-order valence-corrected chi connectivity index (χ3v) is 7.99. The fourth-order valence-electron chi connectivity index (χ4n) is 3.26. The lowest BCUT2D eigenvalue weighted by Crippen LogP contribution is -2.30. The van der Waals surface area contributed by atoms with Crippen molar-refractivity contribution >= 4 is 27.7 Å². The van der Waals surface area contributed by atoms with Gasteiger partial charge in [0.1, 0.15) is 0 Å². The summed E-state index contributed by atoms with van der Waals surface area (Å²) < 4.78 is 26.5. The van der Waals surface area contributed by atoms with Gasteiger partial charge in [-0.15, -0.1) is 5.10 Å². The Balaban J connectivity index is 1.39. The number of aryl methyl sites for hydroxylation is 1. The van der Waals surface area contributed by atoms with E-state index in [-0.39, 0.29) is 10.8 Å². The number of carbonyl (C=O) groups is 1. The number of amides is 1. The second-order valence-electron chi connectivity index (χ2n) is 7.26. The zero-order valence-corrected chi connectivity index (χ0v) is 20.5. The minimum Gasteiger partial charge on any atom is -0.355 e. The van der Waals surface area contributed by atoms with Gasteiger partial charge in [-0.25, -0.2) is 13.4 Å². The maximum Gasteiger partial charge on any atom is 0.243 e. The Bertz CT molecular complexity index is 1130. The van der Waals surface area contributed by atoms with Crippen molar-refractivity contribution in [3.8, 4) is 11.4 Å². The molecule has 0 bridgehead atoms. The van der Waals surface area contributed by atoms with E-state index in [1.165, 1.54) is 16.1 Å². The minimum absolute atomic E-state index is 0.0459. The molecule has 1 amide bonds. The molecule has 0 spiro atoms. The molecule has 1 heterocycles. The molecule has 0 saturated carbocycles.